The molecule has 0 aliphatic rings. The summed E-state index contributed by atoms with van der Waals surface area (Å²) in [7, 11) is 0. The quantitative estimate of drug-likeness (QED) is 0.199. The molecule has 42 heavy (non-hydrogen) atoms. The molecule has 0 aliphatic heterocycles. The molecule has 0 bridgehead atoms. The Bertz CT molecular complexity index is 1860. The first-order valence-corrected chi connectivity index (χ1v) is 14.3. The Morgan fingerprint density at radius 2 is 0.548 bits per heavy atom. The molecule has 7 rings (SSSR count). The number of rotatable bonds is 7. The zero-order valence-corrected chi connectivity index (χ0v) is 23.2. The van der Waals surface area contributed by atoms with Crippen molar-refractivity contribution < 1.29 is 0 Å². The number of benzene rings is 7. The fourth-order valence-electron chi connectivity index (χ4n) is 5.56. The predicted octanol–water partition coefficient (Wildman–Crippen LogP) is 11.4. The minimum atomic E-state index is 1.12. The van der Waals surface area contributed by atoms with Crippen LogP contribution in [0.15, 0.2) is 182 Å². The van der Waals surface area contributed by atoms with Gasteiger partial charge in [-0.2, -0.15) is 0 Å². The van der Waals surface area contributed by atoms with Crippen molar-refractivity contribution in [3.8, 4) is 11.1 Å². The maximum Gasteiger partial charge on any atom is 0.0468 e. The lowest BCUT2D eigenvalue weighted by atomic mass is 10.0. The summed E-state index contributed by atoms with van der Waals surface area (Å²) >= 11 is 0. The second-order valence-electron chi connectivity index (χ2n) is 10.3. The zero-order chi connectivity index (χ0) is 28.1. The lowest BCUT2D eigenvalue weighted by molar-refractivity contribution is 1.28. The molecule has 0 heterocycles. The lowest BCUT2D eigenvalue weighted by Gasteiger charge is -2.27. The van der Waals surface area contributed by atoms with Crippen molar-refractivity contribution in [2.75, 3.05) is 9.80 Å². The maximum absolute atomic E-state index is 2.32. The number of fused-ring (bicyclic) bond motifs is 1. The van der Waals surface area contributed by atoms with Crippen molar-refractivity contribution in [2.45, 2.75) is 0 Å². The van der Waals surface area contributed by atoms with Crippen LogP contribution in [0.4, 0.5) is 34.1 Å². The van der Waals surface area contributed by atoms with Crippen LogP contribution in [0.25, 0.3) is 21.9 Å². The third-order valence-electron chi connectivity index (χ3n) is 7.60. The van der Waals surface area contributed by atoms with Crippen LogP contribution < -0.4 is 9.80 Å². The molecule has 7 aromatic carbocycles. The Morgan fingerprint density at radius 3 is 0.952 bits per heavy atom. The molecule has 0 saturated heterocycles. The fourth-order valence-corrected chi connectivity index (χ4v) is 5.56. The molecule has 0 aromatic heterocycles. The number of hydrogen-bond donors (Lipinski definition) is 0. The van der Waals surface area contributed by atoms with E-state index < -0.39 is 0 Å². The third-order valence-corrected chi connectivity index (χ3v) is 7.60. The molecule has 0 radical (unpaired) electrons. The van der Waals surface area contributed by atoms with Crippen LogP contribution in [0, 0.1) is 0 Å². The van der Waals surface area contributed by atoms with Crippen molar-refractivity contribution in [1.82, 2.24) is 0 Å². The zero-order valence-electron chi connectivity index (χ0n) is 23.2. The lowest BCUT2D eigenvalue weighted by Crippen LogP contribution is -2.10. The van der Waals surface area contributed by atoms with E-state index in [1.807, 2.05) is 0 Å². The predicted molar refractivity (Wildman–Crippen MR) is 179 cm³/mol. The van der Waals surface area contributed by atoms with Gasteiger partial charge in [0, 0.05) is 34.1 Å². The van der Waals surface area contributed by atoms with Crippen molar-refractivity contribution in [1.29, 1.82) is 0 Å². The molecule has 0 saturated carbocycles. The molecule has 0 spiro atoms. The maximum atomic E-state index is 2.32. The summed E-state index contributed by atoms with van der Waals surface area (Å²) in [6.45, 7) is 0. The van der Waals surface area contributed by atoms with Crippen LogP contribution in [0.3, 0.4) is 0 Å². The average molecular weight is 539 g/mol. The van der Waals surface area contributed by atoms with Crippen LogP contribution >= 0.6 is 0 Å². The third kappa shape index (κ3) is 5.14. The minimum absolute atomic E-state index is 1.12. The molecule has 0 N–H and O–H groups in total. The second-order valence-corrected chi connectivity index (χ2v) is 10.3. The Kier molecular flexibility index (Phi) is 6.94. The number of hydrogen-bond acceptors (Lipinski definition) is 2. The van der Waals surface area contributed by atoms with E-state index in [2.05, 4.69) is 192 Å². The SMILES string of the molecule is c1ccc(-c2ccc(N(c3ccccc3)c3ccc4cc(N(c5ccccc5)c5ccccc5)ccc4c3)cc2)cc1. The Morgan fingerprint density at radius 1 is 0.238 bits per heavy atom. The largest absolute Gasteiger partial charge is 0.310 e. The first-order chi connectivity index (χ1) is 20.8. The van der Waals surface area contributed by atoms with Crippen LogP contribution in [0.1, 0.15) is 0 Å². The summed E-state index contributed by atoms with van der Waals surface area (Å²) in [6, 6.07) is 64.5. The Labute approximate surface area is 247 Å². The van der Waals surface area contributed by atoms with Crippen LogP contribution in [0.5, 0.6) is 0 Å². The minimum Gasteiger partial charge on any atom is -0.310 e. The highest BCUT2D eigenvalue weighted by atomic mass is 15.1. The molecule has 2 heteroatoms. The van der Waals surface area contributed by atoms with E-state index in [4.69, 9.17) is 0 Å². The number of nitrogens with zero attached hydrogens (tertiary/aromatic N) is 2. The molecular weight excluding hydrogens is 508 g/mol. The summed E-state index contributed by atoms with van der Waals surface area (Å²) in [5.74, 6) is 0. The van der Waals surface area contributed by atoms with Gasteiger partial charge in [-0.15, -0.1) is 0 Å². The van der Waals surface area contributed by atoms with Gasteiger partial charge in [0.25, 0.3) is 0 Å². The molecule has 7 aromatic rings. The van der Waals surface area contributed by atoms with E-state index in [9.17, 15) is 0 Å². The van der Waals surface area contributed by atoms with E-state index in [0.717, 1.165) is 34.1 Å². The Hall–Kier alpha value is -5.60. The summed E-state index contributed by atoms with van der Waals surface area (Å²) in [5, 5.41) is 2.39. The molecule has 0 aliphatic carbocycles. The van der Waals surface area contributed by atoms with Gasteiger partial charge in [-0.05, 0) is 94.7 Å². The smallest absolute Gasteiger partial charge is 0.0468 e. The van der Waals surface area contributed by atoms with Gasteiger partial charge in [-0.1, -0.05) is 109 Å². The molecule has 0 fully saturated rings. The van der Waals surface area contributed by atoms with Crippen molar-refractivity contribution >= 4 is 44.9 Å². The first-order valence-electron chi connectivity index (χ1n) is 14.3. The Balaban J connectivity index is 1.28. The standard InChI is InChI=1S/C40H30N2/c1-5-13-31(14-6-1)32-21-25-38(26-22-32)42(37-19-11-4-12-20-37)40-28-24-33-29-39(27-23-34(33)30-40)41(35-15-7-2-8-16-35)36-17-9-3-10-18-36/h1-30H. The van der Waals surface area contributed by atoms with Crippen molar-refractivity contribution in [3.05, 3.63) is 182 Å². The van der Waals surface area contributed by atoms with E-state index in [1.54, 1.807) is 0 Å². The highest BCUT2D eigenvalue weighted by Gasteiger charge is 2.15. The monoisotopic (exact) mass is 538 g/mol. The van der Waals surface area contributed by atoms with Crippen LogP contribution in [0.2, 0.25) is 0 Å². The molecule has 200 valence electrons. The fraction of sp³-hybridized carbons (Fsp3) is 0. The van der Waals surface area contributed by atoms with E-state index in [0.29, 0.717) is 0 Å². The van der Waals surface area contributed by atoms with Gasteiger partial charge in [-0.3, -0.25) is 0 Å². The van der Waals surface area contributed by atoms with Gasteiger partial charge in [0.2, 0.25) is 0 Å². The van der Waals surface area contributed by atoms with Gasteiger partial charge in [-0.25, -0.2) is 0 Å². The van der Waals surface area contributed by atoms with Gasteiger partial charge >= 0.3 is 0 Å². The summed E-state index contributed by atoms with van der Waals surface area (Å²) in [4.78, 5) is 4.63. The van der Waals surface area contributed by atoms with Crippen LogP contribution in [-0.2, 0) is 0 Å². The molecular formula is C40H30N2. The van der Waals surface area contributed by atoms with E-state index >= 15 is 0 Å². The molecule has 0 unspecified atom stereocenters. The molecule has 0 atom stereocenters. The van der Waals surface area contributed by atoms with Gasteiger partial charge in [0.05, 0.1) is 0 Å². The molecule has 2 nitrogen and oxygen atoms in total. The topological polar surface area (TPSA) is 6.48 Å². The normalized spacial score (nSPS) is 10.9. The van der Waals surface area contributed by atoms with Crippen LogP contribution in [-0.4, -0.2) is 0 Å². The molecule has 0 amide bonds. The highest BCUT2D eigenvalue weighted by Crippen LogP contribution is 2.39. The van der Waals surface area contributed by atoms with Gasteiger partial charge in [0.1, 0.15) is 0 Å². The number of anilines is 6. The van der Waals surface area contributed by atoms with E-state index in [-0.39, 0.29) is 0 Å². The summed E-state index contributed by atoms with van der Waals surface area (Å²) in [6.07, 6.45) is 0. The van der Waals surface area contributed by atoms with Gasteiger partial charge < -0.3 is 9.80 Å². The first kappa shape index (κ1) is 25.4. The van der Waals surface area contributed by atoms with E-state index in [1.165, 1.54) is 21.9 Å². The second kappa shape index (κ2) is 11.5. The van der Waals surface area contributed by atoms with Gasteiger partial charge in [0.15, 0.2) is 0 Å². The summed E-state index contributed by atoms with van der Waals surface area (Å²) in [5.41, 5.74) is 9.19. The summed E-state index contributed by atoms with van der Waals surface area (Å²) < 4.78 is 0. The van der Waals surface area contributed by atoms with Crippen molar-refractivity contribution in [2.24, 2.45) is 0 Å². The highest BCUT2D eigenvalue weighted by molar-refractivity contribution is 5.93. The van der Waals surface area contributed by atoms with Crippen molar-refractivity contribution in [3.63, 3.8) is 0 Å². The number of para-hydroxylation sites is 3. The average Bonchev–Trinajstić information content (AvgIpc) is 3.07.